The molecule has 1 unspecified atom stereocenters. The number of nitrogens with one attached hydrogen (secondary N) is 1. The molecule has 0 aromatic heterocycles. The maximum atomic E-state index is 13.9. The summed E-state index contributed by atoms with van der Waals surface area (Å²) < 4.78 is 5.48. The highest BCUT2D eigenvalue weighted by Gasteiger charge is 2.42. The Morgan fingerprint density at radius 3 is 2.27 bits per heavy atom. The molecule has 8 heteroatoms. The van der Waals surface area contributed by atoms with Gasteiger partial charge in [-0.2, -0.15) is 0 Å². The van der Waals surface area contributed by atoms with Crippen LogP contribution in [-0.4, -0.2) is 44.6 Å². The zero-order chi connectivity index (χ0) is 26.5. The number of ether oxygens (including phenoxy) is 1. The molecule has 3 aromatic rings. The molecule has 0 aliphatic carbocycles. The number of anilines is 4. The summed E-state index contributed by atoms with van der Waals surface area (Å²) in [5.41, 5.74) is 2.63. The highest BCUT2D eigenvalue weighted by atomic mass is 16.6. The lowest BCUT2D eigenvalue weighted by molar-refractivity contribution is -0.128. The molecule has 4 rings (SSSR count). The van der Waals surface area contributed by atoms with Gasteiger partial charge >= 0.3 is 6.09 Å². The van der Waals surface area contributed by atoms with Crippen molar-refractivity contribution in [2.75, 3.05) is 35.3 Å². The molecule has 1 N–H and O–H groups in total. The Balaban J connectivity index is 1.71. The van der Waals surface area contributed by atoms with E-state index in [1.807, 2.05) is 67.5 Å². The largest absolute Gasteiger partial charge is 0.413 e. The molecule has 0 saturated heterocycles. The van der Waals surface area contributed by atoms with Gasteiger partial charge in [-0.25, -0.2) is 4.79 Å². The van der Waals surface area contributed by atoms with E-state index in [2.05, 4.69) is 19.2 Å². The third kappa shape index (κ3) is 5.74. The first kappa shape index (κ1) is 25.8. The van der Waals surface area contributed by atoms with Crippen molar-refractivity contribution in [2.24, 2.45) is 5.92 Å². The fourth-order valence-electron chi connectivity index (χ4n) is 4.17. The summed E-state index contributed by atoms with van der Waals surface area (Å²) in [5.74, 6) is -0.424. The van der Waals surface area contributed by atoms with Gasteiger partial charge in [-0.1, -0.05) is 50.2 Å². The predicted molar refractivity (Wildman–Crippen MR) is 146 cm³/mol. The summed E-state index contributed by atoms with van der Waals surface area (Å²) in [6, 6.07) is 21.9. The number of benzene rings is 3. The number of hydrogen-bond acceptors (Lipinski definition) is 5. The lowest BCUT2D eigenvalue weighted by Gasteiger charge is -2.26. The van der Waals surface area contributed by atoms with Crippen LogP contribution >= 0.6 is 0 Å². The van der Waals surface area contributed by atoms with Crippen LogP contribution in [0.4, 0.5) is 27.5 Å². The summed E-state index contributed by atoms with van der Waals surface area (Å²) in [6.07, 6.45) is -0.154. The maximum absolute atomic E-state index is 13.9. The van der Waals surface area contributed by atoms with Crippen molar-refractivity contribution in [3.8, 4) is 5.75 Å². The standard InChI is InChI=1S/C29H32N4O4/c1-20(2)17-18-32-24-15-8-9-16-25(24)33(21-11-6-5-7-12-21)28(35)26(27(32)34)30-29(36)37-23-14-10-13-22(19-23)31(3)4/h5-16,19-20,26H,17-18H2,1-4H3,(H,30,36). The third-order valence-corrected chi connectivity index (χ3v) is 6.14. The van der Waals surface area contributed by atoms with Crippen LogP contribution < -0.4 is 24.8 Å². The average Bonchev–Trinajstić information content (AvgIpc) is 2.96. The van der Waals surface area contributed by atoms with Gasteiger partial charge in [0.25, 0.3) is 11.8 Å². The SMILES string of the molecule is CC(C)CCN1C(=O)C(NC(=O)Oc2cccc(N(C)C)c2)C(=O)N(c2ccccc2)c2ccccc21. The van der Waals surface area contributed by atoms with Crippen molar-refractivity contribution < 1.29 is 19.1 Å². The van der Waals surface area contributed by atoms with Crippen LogP contribution in [-0.2, 0) is 9.59 Å². The molecule has 0 saturated carbocycles. The van der Waals surface area contributed by atoms with Gasteiger partial charge in [-0.05, 0) is 48.7 Å². The highest BCUT2D eigenvalue weighted by Crippen LogP contribution is 2.38. The van der Waals surface area contributed by atoms with Crippen LogP contribution in [0.1, 0.15) is 20.3 Å². The van der Waals surface area contributed by atoms with Gasteiger partial charge in [0.15, 0.2) is 6.04 Å². The minimum absolute atomic E-state index is 0.303. The summed E-state index contributed by atoms with van der Waals surface area (Å²) in [5, 5.41) is 2.55. The van der Waals surface area contributed by atoms with E-state index in [0.717, 1.165) is 12.1 Å². The van der Waals surface area contributed by atoms with Gasteiger partial charge in [0.05, 0.1) is 11.4 Å². The first-order valence-electron chi connectivity index (χ1n) is 12.3. The molecular formula is C29H32N4O4. The van der Waals surface area contributed by atoms with Crippen LogP contribution in [0, 0.1) is 5.92 Å². The Morgan fingerprint density at radius 2 is 1.59 bits per heavy atom. The van der Waals surface area contributed by atoms with Gasteiger partial charge in [-0.15, -0.1) is 0 Å². The minimum Gasteiger partial charge on any atom is -0.410 e. The second-order valence-corrected chi connectivity index (χ2v) is 9.53. The first-order valence-corrected chi connectivity index (χ1v) is 12.3. The van der Waals surface area contributed by atoms with Crippen molar-refractivity contribution in [3.05, 3.63) is 78.9 Å². The Bertz CT molecular complexity index is 1280. The van der Waals surface area contributed by atoms with Crippen LogP contribution in [0.15, 0.2) is 78.9 Å². The van der Waals surface area contributed by atoms with E-state index in [-0.39, 0.29) is 0 Å². The van der Waals surface area contributed by atoms with E-state index in [1.165, 1.54) is 4.90 Å². The Kier molecular flexibility index (Phi) is 7.77. The summed E-state index contributed by atoms with van der Waals surface area (Å²) in [7, 11) is 3.76. The lowest BCUT2D eigenvalue weighted by Crippen LogP contribution is -2.55. The molecule has 0 fully saturated rings. The monoisotopic (exact) mass is 500 g/mol. The molecule has 1 aliphatic heterocycles. The van der Waals surface area contributed by atoms with Crippen molar-refractivity contribution in [3.63, 3.8) is 0 Å². The molecule has 8 nitrogen and oxygen atoms in total. The smallest absolute Gasteiger partial charge is 0.410 e. The summed E-state index contributed by atoms with van der Waals surface area (Å²) in [4.78, 5) is 45.7. The molecule has 0 spiro atoms. The normalized spacial score (nSPS) is 15.3. The molecule has 1 heterocycles. The molecule has 1 aliphatic rings. The predicted octanol–water partition coefficient (Wildman–Crippen LogP) is 4.97. The fraction of sp³-hybridized carbons (Fsp3) is 0.276. The van der Waals surface area contributed by atoms with Crippen molar-refractivity contribution in [2.45, 2.75) is 26.3 Å². The minimum atomic E-state index is -1.47. The second-order valence-electron chi connectivity index (χ2n) is 9.53. The molecule has 0 radical (unpaired) electrons. The Morgan fingerprint density at radius 1 is 0.919 bits per heavy atom. The molecule has 3 amide bonds. The van der Waals surface area contributed by atoms with Crippen LogP contribution in [0.2, 0.25) is 0 Å². The van der Waals surface area contributed by atoms with Gasteiger partial charge in [0.1, 0.15) is 5.75 Å². The molecule has 37 heavy (non-hydrogen) atoms. The number of hydrogen-bond donors (Lipinski definition) is 1. The number of fused-ring (bicyclic) bond motifs is 1. The lowest BCUT2D eigenvalue weighted by atomic mass is 10.1. The van der Waals surface area contributed by atoms with E-state index in [4.69, 9.17) is 4.74 Å². The van der Waals surface area contributed by atoms with E-state index in [9.17, 15) is 14.4 Å². The zero-order valence-electron chi connectivity index (χ0n) is 21.5. The van der Waals surface area contributed by atoms with Crippen molar-refractivity contribution in [1.29, 1.82) is 0 Å². The fourth-order valence-corrected chi connectivity index (χ4v) is 4.17. The topological polar surface area (TPSA) is 82.2 Å². The van der Waals surface area contributed by atoms with Crippen LogP contribution in [0.5, 0.6) is 5.75 Å². The number of amides is 3. The quantitative estimate of drug-likeness (QED) is 0.464. The van der Waals surface area contributed by atoms with Gasteiger partial charge in [0, 0.05) is 38.1 Å². The van der Waals surface area contributed by atoms with E-state index in [1.54, 1.807) is 35.2 Å². The average molecular weight is 501 g/mol. The second kappa shape index (κ2) is 11.2. The molecule has 192 valence electrons. The first-order chi connectivity index (χ1) is 17.8. The Labute approximate surface area is 217 Å². The molecular weight excluding hydrogens is 468 g/mol. The maximum Gasteiger partial charge on any atom is 0.413 e. The third-order valence-electron chi connectivity index (χ3n) is 6.14. The van der Waals surface area contributed by atoms with Crippen LogP contribution in [0.25, 0.3) is 0 Å². The van der Waals surface area contributed by atoms with E-state index >= 15 is 0 Å². The van der Waals surface area contributed by atoms with Gasteiger partial charge < -0.3 is 19.9 Å². The molecule has 1 atom stereocenters. The highest BCUT2D eigenvalue weighted by molar-refractivity contribution is 6.23. The molecule has 0 bridgehead atoms. The van der Waals surface area contributed by atoms with Crippen LogP contribution in [0.3, 0.4) is 0 Å². The van der Waals surface area contributed by atoms with Gasteiger partial charge in [-0.3, -0.25) is 14.5 Å². The Hall–Kier alpha value is -4.33. The van der Waals surface area contributed by atoms with E-state index < -0.39 is 23.9 Å². The number of carbonyl (C=O) groups is 3. The number of para-hydroxylation sites is 3. The summed E-state index contributed by atoms with van der Waals surface area (Å²) in [6.45, 7) is 4.55. The molecule has 3 aromatic carbocycles. The van der Waals surface area contributed by atoms with E-state index in [0.29, 0.717) is 35.3 Å². The number of carbonyl (C=O) groups excluding carboxylic acids is 3. The van der Waals surface area contributed by atoms with Crippen molar-refractivity contribution >= 4 is 40.7 Å². The van der Waals surface area contributed by atoms with Gasteiger partial charge in [0.2, 0.25) is 0 Å². The van der Waals surface area contributed by atoms with Crippen molar-refractivity contribution in [1.82, 2.24) is 5.32 Å². The summed E-state index contributed by atoms with van der Waals surface area (Å²) >= 11 is 0. The zero-order valence-corrected chi connectivity index (χ0v) is 21.5. The number of rotatable bonds is 7. The number of nitrogens with zero attached hydrogens (tertiary/aromatic N) is 3.